The molecule has 200 valence electrons. The Kier molecular flexibility index (Phi) is 7.56. The molecule has 5 rings (SSSR count). The van der Waals surface area contributed by atoms with Gasteiger partial charge in [-0.3, -0.25) is 24.8 Å². The van der Waals surface area contributed by atoms with Gasteiger partial charge in [-0.25, -0.2) is 9.97 Å². The van der Waals surface area contributed by atoms with Crippen LogP contribution in [0.1, 0.15) is 21.6 Å². The van der Waals surface area contributed by atoms with Gasteiger partial charge in [0.25, 0.3) is 5.91 Å². The van der Waals surface area contributed by atoms with Gasteiger partial charge in [-0.05, 0) is 51.7 Å². The second-order valence-electron chi connectivity index (χ2n) is 9.27. The van der Waals surface area contributed by atoms with Crippen molar-refractivity contribution in [1.29, 1.82) is 0 Å². The first-order valence-electron chi connectivity index (χ1n) is 12.2. The molecular formula is C27H27ClN8O2S. The molecule has 0 spiro atoms. The van der Waals surface area contributed by atoms with E-state index in [2.05, 4.69) is 35.3 Å². The van der Waals surface area contributed by atoms with Gasteiger partial charge in [0.05, 0.1) is 53.9 Å². The van der Waals surface area contributed by atoms with Crippen molar-refractivity contribution in [1.82, 2.24) is 34.6 Å². The Balaban J connectivity index is 1.47. The number of hydrogen-bond donors (Lipinski definition) is 1. The molecule has 0 saturated carbocycles. The number of carbonyl (C=O) groups is 1. The van der Waals surface area contributed by atoms with E-state index in [1.807, 2.05) is 44.9 Å². The Hall–Kier alpha value is -3.93. The van der Waals surface area contributed by atoms with Crippen LogP contribution in [0.5, 0.6) is 5.75 Å². The van der Waals surface area contributed by atoms with Gasteiger partial charge >= 0.3 is 0 Å². The van der Waals surface area contributed by atoms with Crippen LogP contribution in [0.3, 0.4) is 0 Å². The summed E-state index contributed by atoms with van der Waals surface area (Å²) in [5.74, 6) is 0.0955. The monoisotopic (exact) mass is 562 g/mol. The van der Waals surface area contributed by atoms with Gasteiger partial charge < -0.3 is 9.64 Å². The van der Waals surface area contributed by atoms with Gasteiger partial charge in [0.2, 0.25) is 0 Å². The molecule has 0 bridgehead atoms. The van der Waals surface area contributed by atoms with Crippen molar-refractivity contribution in [3.8, 4) is 28.3 Å². The fraction of sp³-hybridized carbons (Fsp3) is 0.259. The van der Waals surface area contributed by atoms with E-state index in [0.717, 1.165) is 34.7 Å². The van der Waals surface area contributed by atoms with Crippen molar-refractivity contribution in [2.75, 3.05) is 33.1 Å². The fourth-order valence-electron chi connectivity index (χ4n) is 4.28. The van der Waals surface area contributed by atoms with E-state index in [9.17, 15) is 4.79 Å². The number of aryl methyl sites for hydroxylation is 2. The van der Waals surface area contributed by atoms with Crippen LogP contribution in [0.2, 0.25) is 5.15 Å². The minimum absolute atomic E-state index is 0.0906. The van der Waals surface area contributed by atoms with Gasteiger partial charge in [-0.2, -0.15) is 5.10 Å². The zero-order valence-electron chi connectivity index (χ0n) is 22.2. The van der Waals surface area contributed by atoms with Crippen LogP contribution in [0.15, 0.2) is 43.0 Å². The average molecular weight is 563 g/mol. The van der Waals surface area contributed by atoms with Crippen molar-refractivity contribution in [3.05, 3.63) is 65.0 Å². The van der Waals surface area contributed by atoms with Crippen LogP contribution in [-0.2, 0) is 6.54 Å². The summed E-state index contributed by atoms with van der Waals surface area (Å²) in [5.41, 5.74) is 5.66. The lowest BCUT2D eigenvalue weighted by Gasteiger charge is -2.14. The van der Waals surface area contributed by atoms with Gasteiger partial charge in [0.15, 0.2) is 5.13 Å². The molecule has 1 amide bonds. The Morgan fingerprint density at radius 3 is 2.74 bits per heavy atom. The Labute approximate surface area is 234 Å². The summed E-state index contributed by atoms with van der Waals surface area (Å²) in [6.45, 7) is 5.44. The molecule has 0 atom stereocenters. The number of carbonyl (C=O) groups excluding carboxylic acids is 1. The molecule has 39 heavy (non-hydrogen) atoms. The molecule has 0 radical (unpaired) electrons. The molecule has 0 fully saturated rings. The first-order valence-corrected chi connectivity index (χ1v) is 13.4. The number of pyridine rings is 3. The summed E-state index contributed by atoms with van der Waals surface area (Å²) in [5, 5.41) is 7.95. The third kappa shape index (κ3) is 5.47. The van der Waals surface area contributed by atoms with Gasteiger partial charge in [0.1, 0.15) is 16.4 Å². The number of nitrogens with one attached hydrogen (secondary N) is 1. The van der Waals surface area contributed by atoms with Crippen LogP contribution in [0.25, 0.3) is 32.7 Å². The van der Waals surface area contributed by atoms with Crippen LogP contribution in [0.4, 0.5) is 5.13 Å². The fourth-order valence-corrected chi connectivity index (χ4v) is 5.47. The molecule has 10 nitrogen and oxygen atoms in total. The number of fused-ring (bicyclic) bond motifs is 1. The van der Waals surface area contributed by atoms with Gasteiger partial charge in [-0.15, -0.1) is 0 Å². The summed E-state index contributed by atoms with van der Waals surface area (Å²) in [4.78, 5) is 33.3. The molecule has 12 heteroatoms. The number of likely N-dealkylation sites (N-methyl/N-ethyl adjacent to an activating group) is 1. The SMILES string of the molecule is COc1cnccc1-c1cc(C)nc(Cl)c1C(=O)Nc1nc2cnc(-c3c(C)cnn3CCN(C)C)cc2s1. The second-order valence-corrected chi connectivity index (χ2v) is 10.7. The predicted molar refractivity (Wildman–Crippen MR) is 154 cm³/mol. The average Bonchev–Trinajstić information content (AvgIpc) is 3.48. The maximum Gasteiger partial charge on any atom is 0.261 e. The third-order valence-electron chi connectivity index (χ3n) is 6.14. The van der Waals surface area contributed by atoms with E-state index in [4.69, 9.17) is 16.3 Å². The number of methoxy groups -OCH3 is 1. The van der Waals surface area contributed by atoms with E-state index >= 15 is 0 Å². The zero-order chi connectivity index (χ0) is 27.7. The van der Waals surface area contributed by atoms with Crippen LogP contribution < -0.4 is 10.1 Å². The minimum Gasteiger partial charge on any atom is -0.494 e. The quantitative estimate of drug-likeness (QED) is 0.260. The highest BCUT2D eigenvalue weighted by atomic mass is 35.5. The summed E-state index contributed by atoms with van der Waals surface area (Å²) >= 11 is 7.87. The maximum absolute atomic E-state index is 13.5. The highest BCUT2D eigenvalue weighted by Gasteiger charge is 2.23. The van der Waals surface area contributed by atoms with Crippen molar-refractivity contribution < 1.29 is 9.53 Å². The van der Waals surface area contributed by atoms with E-state index in [1.54, 1.807) is 37.8 Å². The Morgan fingerprint density at radius 1 is 1.15 bits per heavy atom. The van der Waals surface area contributed by atoms with Crippen molar-refractivity contribution in [2.45, 2.75) is 20.4 Å². The highest BCUT2D eigenvalue weighted by molar-refractivity contribution is 7.22. The number of nitrogens with zero attached hydrogens (tertiary/aromatic N) is 7. The molecule has 0 aromatic carbocycles. The highest BCUT2D eigenvalue weighted by Crippen LogP contribution is 2.36. The van der Waals surface area contributed by atoms with E-state index in [0.29, 0.717) is 33.2 Å². The van der Waals surface area contributed by atoms with Gasteiger partial charge in [-0.1, -0.05) is 22.9 Å². The summed E-state index contributed by atoms with van der Waals surface area (Å²) in [6.07, 6.45) is 6.79. The number of halogens is 1. The van der Waals surface area contributed by atoms with Crippen LogP contribution in [-0.4, -0.2) is 68.3 Å². The Bertz CT molecular complexity index is 1680. The normalized spacial score (nSPS) is 11.4. The Morgan fingerprint density at radius 2 is 1.97 bits per heavy atom. The first kappa shape index (κ1) is 26.7. The smallest absolute Gasteiger partial charge is 0.261 e. The van der Waals surface area contributed by atoms with Gasteiger partial charge in [0, 0.05) is 29.6 Å². The number of aromatic nitrogens is 6. The van der Waals surface area contributed by atoms with Crippen molar-refractivity contribution >= 4 is 44.2 Å². The van der Waals surface area contributed by atoms with Crippen molar-refractivity contribution in [2.24, 2.45) is 0 Å². The summed E-state index contributed by atoms with van der Waals surface area (Å²) in [7, 11) is 5.61. The van der Waals surface area contributed by atoms with E-state index in [1.165, 1.54) is 11.3 Å². The number of amides is 1. The largest absolute Gasteiger partial charge is 0.494 e. The standard InChI is InChI=1S/C27H27ClN8O2S/c1-15-12-31-36(9-8-35(3)4)24(15)19-11-22-20(13-30-19)33-27(39-22)34-26(37)23-18(10-16(2)32-25(23)28)17-6-7-29-14-21(17)38-5/h6-7,10-14H,8-9H2,1-5H3,(H,33,34,37). The second kappa shape index (κ2) is 11.0. The molecule has 5 aromatic heterocycles. The number of rotatable bonds is 8. The predicted octanol–water partition coefficient (Wildman–Crippen LogP) is 5.10. The van der Waals surface area contributed by atoms with Crippen LogP contribution >= 0.6 is 22.9 Å². The molecular weight excluding hydrogens is 536 g/mol. The first-order chi connectivity index (χ1) is 18.7. The zero-order valence-corrected chi connectivity index (χ0v) is 23.8. The molecule has 0 aliphatic carbocycles. The number of thiazole rings is 1. The van der Waals surface area contributed by atoms with E-state index < -0.39 is 5.91 Å². The lowest BCUT2D eigenvalue weighted by Crippen LogP contribution is -2.19. The van der Waals surface area contributed by atoms with E-state index in [-0.39, 0.29) is 10.7 Å². The number of hydrogen-bond acceptors (Lipinski definition) is 9. The topological polar surface area (TPSA) is 111 Å². The summed E-state index contributed by atoms with van der Waals surface area (Å²) < 4.78 is 8.33. The maximum atomic E-state index is 13.5. The number of ether oxygens (including phenoxy) is 1. The molecule has 0 aliphatic heterocycles. The lowest BCUT2D eigenvalue weighted by molar-refractivity contribution is 0.102. The molecule has 0 saturated heterocycles. The molecule has 0 unspecified atom stereocenters. The third-order valence-corrected chi connectivity index (χ3v) is 7.35. The molecule has 1 N–H and O–H groups in total. The molecule has 5 aromatic rings. The van der Waals surface area contributed by atoms with Crippen LogP contribution in [0, 0.1) is 13.8 Å². The lowest BCUT2D eigenvalue weighted by atomic mass is 10.0. The minimum atomic E-state index is -0.425. The molecule has 5 heterocycles. The molecule has 0 aliphatic rings. The van der Waals surface area contributed by atoms with Crippen molar-refractivity contribution in [3.63, 3.8) is 0 Å². The number of anilines is 1. The summed E-state index contributed by atoms with van der Waals surface area (Å²) in [6, 6.07) is 5.55.